The van der Waals surface area contributed by atoms with Gasteiger partial charge in [0.1, 0.15) is 0 Å². The van der Waals surface area contributed by atoms with Crippen LogP contribution in [0.4, 0.5) is 0 Å². The zero-order valence-corrected chi connectivity index (χ0v) is 24.8. The Balaban J connectivity index is 3.05. The molecule has 0 aromatic heterocycles. The highest BCUT2D eigenvalue weighted by molar-refractivity contribution is 4.81. The molecule has 0 aromatic carbocycles. The second-order valence-corrected chi connectivity index (χ2v) is 11.1. The van der Waals surface area contributed by atoms with Crippen molar-refractivity contribution in [3.63, 3.8) is 0 Å². The molecule has 0 saturated carbocycles. The van der Waals surface area contributed by atoms with Crippen LogP contribution in [-0.4, -0.2) is 13.2 Å². The van der Waals surface area contributed by atoms with E-state index in [1.165, 1.54) is 180 Å². The molecule has 0 fully saturated rings. The van der Waals surface area contributed by atoms with Crippen molar-refractivity contribution in [1.29, 1.82) is 0 Å². The minimum absolute atomic E-state index is 0.986. The van der Waals surface area contributed by atoms with Gasteiger partial charge in [-0.05, 0) is 38.5 Å². The van der Waals surface area contributed by atoms with Gasteiger partial charge in [0, 0.05) is 13.2 Å². The number of ether oxygens (including phenoxy) is 1. The van der Waals surface area contributed by atoms with E-state index in [0.717, 1.165) is 13.2 Å². The minimum atomic E-state index is 0.986. The predicted molar refractivity (Wildman–Crippen MR) is 161 cm³/mol. The van der Waals surface area contributed by atoms with Gasteiger partial charge in [-0.15, -0.1) is 0 Å². The number of hydrogen-bond acceptors (Lipinski definition) is 1. The molecule has 0 radical (unpaired) electrons. The fourth-order valence-electron chi connectivity index (χ4n) is 4.95. The van der Waals surface area contributed by atoms with Gasteiger partial charge in [-0.25, -0.2) is 0 Å². The smallest absolute Gasteiger partial charge is 0.0466 e. The van der Waals surface area contributed by atoms with E-state index in [9.17, 15) is 0 Å². The zero-order valence-electron chi connectivity index (χ0n) is 24.8. The van der Waals surface area contributed by atoms with Crippen LogP contribution in [0.25, 0.3) is 0 Å². The standard InChI is InChI=1S/C34H68O/c1-3-5-7-9-11-13-15-17-19-20-22-24-26-28-30-32-34-35-33-31-29-27-25-23-21-18-16-14-12-10-8-6-4-2/h17,19H,3-16,18,20-34H2,1-2H3. The van der Waals surface area contributed by atoms with Gasteiger partial charge in [0.2, 0.25) is 0 Å². The first-order valence-electron chi connectivity index (χ1n) is 16.6. The van der Waals surface area contributed by atoms with Crippen molar-refractivity contribution in [2.45, 2.75) is 194 Å². The van der Waals surface area contributed by atoms with Gasteiger partial charge in [0.05, 0.1) is 0 Å². The number of rotatable bonds is 31. The Labute approximate surface area is 223 Å². The van der Waals surface area contributed by atoms with Crippen LogP contribution in [-0.2, 0) is 4.74 Å². The molecule has 0 aliphatic heterocycles. The maximum absolute atomic E-state index is 5.85. The van der Waals surface area contributed by atoms with E-state index >= 15 is 0 Å². The number of unbranched alkanes of at least 4 members (excludes halogenated alkanes) is 25. The second-order valence-electron chi connectivity index (χ2n) is 11.1. The largest absolute Gasteiger partial charge is 0.381 e. The Kier molecular flexibility index (Phi) is 33.4. The van der Waals surface area contributed by atoms with Crippen LogP contribution in [0.5, 0.6) is 0 Å². The molecule has 0 aliphatic carbocycles. The second kappa shape index (κ2) is 33.7. The highest BCUT2D eigenvalue weighted by Crippen LogP contribution is 2.13. The zero-order chi connectivity index (χ0) is 25.3. The lowest BCUT2D eigenvalue weighted by Gasteiger charge is -2.05. The molecule has 0 rings (SSSR count). The van der Waals surface area contributed by atoms with Crippen LogP contribution in [0.15, 0.2) is 12.2 Å². The molecule has 0 heterocycles. The van der Waals surface area contributed by atoms with Gasteiger partial charge in [-0.2, -0.15) is 0 Å². The summed E-state index contributed by atoms with van der Waals surface area (Å²) in [7, 11) is 0. The van der Waals surface area contributed by atoms with Crippen molar-refractivity contribution in [3.8, 4) is 0 Å². The lowest BCUT2D eigenvalue weighted by molar-refractivity contribution is 0.125. The fourth-order valence-corrected chi connectivity index (χ4v) is 4.95. The SMILES string of the molecule is CCCCCCCCC=CCCCCCCCCOCCCCCCCCCCCCCCCC. The average molecular weight is 493 g/mol. The summed E-state index contributed by atoms with van der Waals surface area (Å²) < 4.78 is 5.85. The van der Waals surface area contributed by atoms with Crippen molar-refractivity contribution in [1.82, 2.24) is 0 Å². The summed E-state index contributed by atoms with van der Waals surface area (Å²) in [6.07, 6.45) is 44.1. The maximum Gasteiger partial charge on any atom is 0.0466 e. The maximum atomic E-state index is 5.85. The van der Waals surface area contributed by atoms with Crippen molar-refractivity contribution in [3.05, 3.63) is 12.2 Å². The van der Waals surface area contributed by atoms with Crippen molar-refractivity contribution >= 4 is 0 Å². The van der Waals surface area contributed by atoms with E-state index in [2.05, 4.69) is 26.0 Å². The van der Waals surface area contributed by atoms with Crippen LogP contribution in [0.1, 0.15) is 194 Å². The number of hydrogen-bond donors (Lipinski definition) is 0. The third kappa shape index (κ3) is 33.7. The molecule has 0 saturated heterocycles. The van der Waals surface area contributed by atoms with Gasteiger partial charge in [0.25, 0.3) is 0 Å². The highest BCUT2D eigenvalue weighted by Gasteiger charge is 1.96. The summed E-state index contributed by atoms with van der Waals surface area (Å²) in [4.78, 5) is 0. The van der Waals surface area contributed by atoms with E-state index in [4.69, 9.17) is 4.74 Å². The van der Waals surface area contributed by atoms with E-state index in [1.807, 2.05) is 0 Å². The molecule has 0 unspecified atom stereocenters. The van der Waals surface area contributed by atoms with E-state index in [-0.39, 0.29) is 0 Å². The molecular weight excluding hydrogens is 424 g/mol. The van der Waals surface area contributed by atoms with E-state index in [1.54, 1.807) is 0 Å². The number of allylic oxidation sites excluding steroid dienone is 2. The fraction of sp³-hybridized carbons (Fsp3) is 0.941. The Bertz CT molecular complexity index is 375. The molecule has 0 bridgehead atoms. The van der Waals surface area contributed by atoms with E-state index < -0.39 is 0 Å². The van der Waals surface area contributed by atoms with Gasteiger partial charge in [0.15, 0.2) is 0 Å². The molecule has 210 valence electrons. The van der Waals surface area contributed by atoms with Crippen molar-refractivity contribution in [2.24, 2.45) is 0 Å². The van der Waals surface area contributed by atoms with Crippen LogP contribution >= 0.6 is 0 Å². The van der Waals surface area contributed by atoms with Gasteiger partial charge in [-0.3, -0.25) is 0 Å². The average Bonchev–Trinajstić information content (AvgIpc) is 2.87. The summed E-state index contributed by atoms with van der Waals surface area (Å²) in [6, 6.07) is 0. The van der Waals surface area contributed by atoms with Crippen LogP contribution in [0.3, 0.4) is 0 Å². The summed E-state index contributed by atoms with van der Waals surface area (Å²) >= 11 is 0. The van der Waals surface area contributed by atoms with Crippen LogP contribution < -0.4 is 0 Å². The Morgan fingerprint density at radius 2 is 0.571 bits per heavy atom. The van der Waals surface area contributed by atoms with Gasteiger partial charge >= 0.3 is 0 Å². The molecule has 1 heteroatoms. The molecule has 0 N–H and O–H groups in total. The third-order valence-corrected chi connectivity index (χ3v) is 7.44. The molecule has 0 atom stereocenters. The first kappa shape index (κ1) is 34.7. The monoisotopic (exact) mass is 493 g/mol. The first-order chi connectivity index (χ1) is 17.4. The van der Waals surface area contributed by atoms with Crippen LogP contribution in [0, 0.1) is 0 Å². The molecular formula is C34H68O. The van der Waals surface area contributed by atoms with Crippen LogP contribution in [0.2, 0.25) is 0 Å². The quantitative estimate of drug-likeness (QED) is 0.0690. The van der Waals surface area contributed by atoms with Crippen molar-refractivity contribution < 1.29 is 4.74 Å². The Morgan fingerprint density at radius 1 is 0.314 bits per heavy atom. The molecule has 0 spiro atoms. The highest BCUT2D eigenvalue weighted by atomic mass is 16.5. The molecule has 0 aliphatic rings. The van der Waals surface area contributed by atoms with E-state index in [0.29, 0.717) is 0 Å². The van der Waals surface area contributed by atoms with Gasteiger partial charge < -0.3 is 4.74 Å². The lowest BCUT2D eigenvalue weighted by Crippen LogP contribution is -1.97. The summed E-state index contributed by atoms with van der Waals surface area (Å²) in [5.41, 5.74) is 0. The lowest BCUT2D eigenvalue weighted by atomic mass is 10.0. The topological polar surface area (TPSA) is 9.23 Å². The normalized spacial score (nSPS) is 11.7. The summed E-state index contributed by atoms with van der Waals surface area (Å²) in [6.45, 7) is 6.57. The van der Waals surface area contributed by atoms with Gasteiger partial charge in [-0.1, -0.05) is 167 Å². The molecule has 0 aromatic rings. The summed E-state index contributed by atoms with van der Waals surface area (Å²) in [5.74, 6) is 0. The third-order valence-electron chi connectivity index (χ3n) is 7.44. The first-order valence-corrected chi connectivity index (χ1v) is 16.6. The Hall–Kier alpha value is -0.300. The molecule has 1 nitrogen and oxygen atoms in total. The molecule has 35 heavy (non-hydrogen) atoms. The van der Waals surface area contributed by atoms with Crippen molar-refractivity contribution in [2.75, 3.05) is 13.2 Å². The summed E-state index contributed by atoms with van der Waals surface area (Å²) in [5, 5.41) is 0. The predicted octanol–water partition coefficient (Wildman–Crippen LogP) is 12.5. The molecule has 0 amide bonds. The minimum Gasteiger partial charge on any atom is -0.381 e. The Morgan fingerprint density at radius 3 is 0.886 bits per heavy atom.